The average Bonchev–Trinajstić information content (AvgIpc) is 3.07. The van der Waals surface area contributed by atoms with Gasteiger partial charge in [0.25, 0.3) is 0 Å². The number of hydrogen-bond donors (Lipinski definition) is 0. The molecular formula is C15H18Cl2N4O. The molecule has 2 aromatic rings. The lowest BCUT2D eigenvalue weighted by atomic mass is 9.78. The molecule has 2 fully saturated rings. The van der Waals surface area contributed by atoms with Crippen LogP contribution in [0.1, 0.15) is 19.3 Å². The minimum atomic E-state index is 0.363. The molecule has 4 heterocycles. The molecule has 0 N–H and O–H groups in total. The molecule has 7 heteroatoms. The van der Waals surface area contributed by atoms with Crippen molar-refractivity contribution in [3.05, 3.63) is 16.4 Å². The third kappa shape index (κ3) is 2.27. The number of imidazole rings is 1. The molecule has 2 aromatic heterocycles. The smallest absolute Gasteiger partial charge is 0.206 e. The van der Waals surface area contributed by atoms with Crippen LogP contribution in [-0.4, -0.2) is 40.8 Å². The number of aryl methyl sites for hydroxylation is 1. The fourth-order valence-corrected chi connectivity index (χ4v) is 4.08. The molecular weight excluding hydrogens is 323 g/mol. The van der Waals surface area contributed by atoms with Crippen LogP contribution in [-0.2, 0) is 11.8 Å². The van der Waals surface area contributed by atoms with Gasteiger partial charge >= 0.3 is 0 Å². The predicted octanol–water partition coefficient (Wildman–Crippen LogP) is 3.28. The second-order valence-electron chi connectivity index (χ2n) is 6.36. The Morgan fingerprint density at radius 3 is 2.64 bits per heavy atom. The molecule has 1 spiro atoms. The summed E-state index contributed by atoms with van der Waals surface area (Å²) in [5, 5.41) is 0.759. The number of ether oxygens (including phenoxy) is 1. The Morgan fingerprint density at radius 2 is 1.95 bits per heavy atom. The molecule has 0 saturated carbocycles. The topological polar surface area (TPSA) is 43.2 Å². The van der Waals surface area contributed by atoms with Crippen molar-refractivity contribution in [2.45, 2.75) is 19.3 Å². The van der Waals surface area contributed by atoms with E-state index >= 15 is 0 Å². The van der Waals surface area contributed by atoms with Gasteiger partial charge in [0, 0.05) is 32.8 Å². The normalized spacial score (nSPS) is 21.1. The van der Waals surface area contributed by atoms with Gasteiger partial charge in [-0.2, -0.15) is 0 Å². The number of rotatable bonds is 1. The van der Waals surface area contributed by atoms with E-state index in [-0.39, 0.29) is 0 Å². The van der Waals surface area contributed by atoms with Crippen LogP contribution in [0.5, 0.6) is 0 Å². The van der Waals surface area contributed by atoms with Gasteiger partial charge in [0.15, 0.2) is 5.15 Å². The van der Waals surface area contributed by atoms with Crippen LogP contribution in [0.2, 0.25) is 10.3 Å². The number of piperidine rings is 1. The molecule has 0 atom stereocenters. The standard InChI is InChI=1S/C15H18Cl2N4O/c1-20-10-8-11(16)18-13(17)12(10)19-14(20)21-5-2-15(3-6-21)4-7-22-9-15/h8H,2-7,9H2,1H3. The maximum absolute atomic E-state index is 6.18. The van der Waals surface area contributed by atoms with Crippen LogP contribution >= 0.6 is 23.2 Å². The summed E-state index contributed by atoms with van der Waals surface area (Å²) in [5.41, 5.74) is 2.03. The fraction of sp³-hybridized carbons (Fsp3) is 0.600. The van der Waals surface area contributed by atoms with Crippen LogP contribution in [0.3, 0.4) is 0 Å². The first-order chi connectivity index (χ1) is 10.6. The molecule has 0 amide bonds. The zero-order valence-electron chi connectivity index (χ0n) is 12.5. The number of anilines is 1. The van der Waals surface area contributed by atoms with Gasteiger partial charge in [-0.05, 0) is 24.7 Å². The first-order valence-corrected chi connectivity index (χ1v) is 8.35. The van der Waals surface area contributed by atoms with E-state index in [1.165, 1.54) is 6.42 Å². The van der Waals surface area contributed by atoms with Gasteiger partial charge in [0.2, 0.25) is 5.95 Å². The second kappa shape index (κ2) is 5.25. The summed E-state index contributed by atoms with van der Waals surface area (Å²) in [6.45, 7) is 3.82. The maximum Gasteiger partial charge on any atom is 0.206 e. The van der Waals surface area contributed by atoms with E-state index < -0.39 is 0 Å². The molecule has 0 aromatic carbocycles. The maximum atomic E-state index is 6.18. The van der Waals surface area contributed by atoms with Crippen molar-refractivity contribution in [2.24, 2.45) is 12.5 Å². The van der Waals surface area contributed by atoms with Crippen LogP contribution in [0.15, 0.2) is 6.07 Å². The minimum absolute atomic E-state index is 0.363. The molecule has 0 aliphatic carbocycles. The molecule has 0 unspecified atom stereocenters. The quantitative estimate of drug-likeness (QED) is 0.747. The number of fused-ring (bicyclic) bond motifs is 1. The highest BCUT2D eigenvalue weighted by Crippen LogP contribution is 2.40. The molecule has 22 heavy (non-hydrogen) atoms. The van der Waals surface area contributed by atoms with Crippen molar-refractivity contribution < 1.29 is 4.74 Å². The van der Waals surface area contributed by atoms with Crippen LogP contribution in [0.25, 0.3) is 11.0 Å². The molecule has 0 radical (unpaired) electrons. The lowest BCUT2D eigenvalue weighted by Gasteiger charge is -2.38. The van der Waals surface area contributed by atoms with Crippen LogP contribution in [0.4, 0.5) is 5.95 Å². The van der Waals surface area contributed by atoms with Crippen LogP contribution < -0.4 is 4.90 Å². The first kappa shape index (κ1) is 14.5. The molecule has 5 nitrogen and oxygen atoms in total. The molecule has 2 aliphatic heterocycles. The highest BCUT2D eigenvalue weighted by atomic mass is 35.5. The SMILES string of the molecule is Cn1c(N2CCC3(CCOC3)CC2)nc2c(Cl)nc(Cl)cc21. The lowest BCUT2D eigenvalue weighted by Crippen LogP contribution is -2.41. The van der Waals surface area contributed by atoms with Gasteiger partial charge in [-0.1, -0.05) is 23.2 Å². The average molecular weight is 341 g/mol. The monoisotopic (exact) mass is 340 g/mol. The van der Waals surface area contributed by atoms with Gasteiger partial charge in [0.1, 0.15) is 10.7 Å². The summed E-state index contributed by atoms with van der Waals surface area (Å²) in [6, 6.07) is 1.81. The van der Waals surface area contributed by atoms with Crippen molar-refractivity contribution in [1.29, 1.82) is 0 Å². The summed E-state index contributed by atoms with van der Waals surface area (Å²) in [6.07, 6.45) is 3.50. The van der Waals surface area contributed by atoms with E-state index in [2.05, 4.69) is 14.5 Å². The van der Waals surface area contributed by atoms with Gasteiger partial charge in [0.05, 0.1) is 12.1 Å². The van der Waals surface area contributed by atoms with E-state index in [1.807, 2.05) is 13.1 Å². The highest BCUT2D eigenvalue weighted by molar-refractivity contribution is 6.36. The van der Waals surface area contributed by atoms with Gasteiger partial charge in [-0.25, -0.2) is 9.97 Å². The first-order valence-electron chi connectivity index (χ1n) is 7.59. The Morgan fingerprint density at radius 1 is 1.18 bits per heavy atom. The fourth-order valence-electron chi connectivity index (χ4n) is 3.62. The van der Waals surface area contributed by atoms with Crippen LogP contribution in [0, 0.1) is 5.41 Å². The van der Waals surface area contributed by atoms with Crippen molar-refractivity contribution in [3.63, 3.8) is 0 Å². The highest BCUT2D eigenvalue weighted by Gasteiger charge is 2.38. The number of nitrogens with zero attached hydrogens (tertiary/aromatic N) is 4. The summed E-state index contributed by atoms with van der Waals surface area (Å²) < 4.78 is 7.65. The number of pyridine rings is 1. The third-order valence-corrected chi connectivity index (χ3v) is 5.52. The Hall–Kier alpha value is -1.04. The van der Waals surface area contributed by atoms with Crippen molar-refractivity contribution >= 4 is 40.2 Å². The summed E-state index contributed by atoms with van der Waals surface area (Å²) in [4.78, 5) is 11.1. The summed E-state index contributed by atoms with van der Waals surface area (Å²) in [5.74, 6) is 0.940. The summed E-state index contributed by atoms with van der Waals surface area (Å²) in [7, 11) is 2.00. The third-order valence-electron chi connectivity index (χ3n) is 5.06. The number of aromatic nitrogens is 3. The predicted molar refractivity (Wildman–Crippen MR) is 87.8 cm³/mol. The van der Waals surface area contributed by atoms with Gasteiger partial charge in [-0.15, -0.1) is 0 Å². The Labute approximate surface area is 139 Å². The summed E-state index contributed by atoms with van der Waals surface area (Å²) >= 11 is 12.2. The van der Waals surface area contributed by atoms with Crippen molar-refractivity contribution in [1.82, 2.24) is 14.5 Å². The minimum Gasteiger partial charge on any atom is -0.381 e. The van der Waals surface area contributed by atoms with E-state index in [0.29, 0.717) is 21.2 Å². The Balaban J connectivity index is 1.65. The zero-order chi connectivity index (χ0) is 15.3. The molecule has 118 valence electrons. The Kier molecular flexibility index (Phi) is 3.47. The lowest BCUT2D eigenvalue weighted by molar-refractivity contribution is 0.133. The molecule has 2 saturated heterocycles. The number of hydrogen-bond acceptors (Lipinski definition) is 4. The van der Waals surface area contributed by atoms with Gasteiger partial charge < -0.3 is 14.2 Å². The van der Waals surface area contributed by atoms with E-state index in [9.17, 15) is 0 Å². The van der Waals surface area contributed by atoms with E-state index in [4.69, 9.17) is 32.9 Å². The zero-order valence-corrected chi connectivity index (χ0v) is 14.0. The Bertz CT molecular complexity index is 714. The van der Waals surface area contributed by atoms with Crippen molar-refractivity contribution in [3.8, 4) is 0 Å². The molecule has 4 rings (SSSR count). The van der Waals surface area contributed by atoms with Gasteiger partial charge in [-0.3, -0.25) is 0 Å². The van der Waals surface area contributed by atoms with E-state index in [1.54, 1.807) is 0 Å². The van der Waals surface area contributed by atoms with Crippen molar-refractivity contribution in [2.75, 3.05) is 31.2 Å². The largest absolute Gasteiger partial charge is 0.381 e. The van der Waals surface area contributed by atoms with E-state index in [0.717, 1.165) is 50.6 Å². The molecule has 2 aliphatic rings. The number of halogens is 2. The second-order valence-corrected chi connectivity index (χ2v) is 7.11. The molecule has 0 bridgehead atoms.